The number of carboxylic acid groups (broad SMARTS) is 1. The molecule has 136 valence electrons. The molecule has 0 aromatic heterocycles. The van der Waals surface area contributed by atoms with Crippen LogP contribution in [0, 0.1) is 11.3 Å². The largest absolute Gasteiger partial charge is 0.481 e. The Labute approximate surface area is 146 Å². The number of aliphatic carboxylic acids is 1. The van der Waals surface area contributed by atoms with E-state index < -0.39 is 16.9 Å². The quantitative estimate of drug-likeness (QED) is 0.823. The Morgan fingerprint density at radius 2 is 1.96 bits per heavy atom. The van der Waals surface area contributed by atoms with Gasteiger partial charge in [0.25, 0.3) is 5.91 Å². The Balaban J connectivity index is 1.74. The summed E-state index contributed by atoms with van der Waals surface area (Å²) in [7, 11) is 0. The molecular weight excluding hydrogens is 359 g/mol. The third-order valence-electron chi connectivity index (χ3n) is 4.75. The van der Waals surface area contributed by atoms with Gasteiger partial charge in [0.1, 0.15) is 0 Å². The Bertz CT molecular complexity index is 679. The summed E-state index contributed by atoms with van der Waals surface area (Å²) in [6, 6.07) is 5.15. The molecule has 1 aromatic carbocycles. The Kier molecular flexibility index (Phi) is 4.72. The first-order chi connectivity index (χ1) is 11.7. The van der Waals surface area contributed by atoms with E-state index in [1.165, 1.54) is 29.2 Å². The smallest absolute Gasteiger partial charge is 0.446 e. The number of benzene rings is 1. The van der Waals surface area contributed by atoms with Crippen molar-refractivity contribution in [1.82, 2.24) is 4.90 Å². The van der Waals surface area contributed by atoms with Crippen molar-refractivity contribution in [2.45, 2.75) is 16.8 Å². The summed E-state index contributed by atoms with van der Waals surface area (Å²) in [6.07, 6.45) is 0.345. The lowest BCUT2D eigenvalue weighted by Gasteiger charge is -2.33. The van der Waals surface area contributed by atoms with Crippen LogP contribution in [-0.4, -0.2) is 53.7 Å². The molecule has 0 spiro atoms. The predicted octanol–water partition coefficient (Wildman–Crippen LogP) is 2.86. The van der Waals surface area contributed by atoms with E-state index in [2.05, 4.69) is 0 Å². The maximum Gasteiger partial charge on any atom is 0.446 e. The van der Waals surface area contributed by atoms with Gasteiger partial charge < -0.3 is 14.7 Å². The molecule has 1 aromatic rings. The minimum Gasteiger partial charge on any atom is -0.481 e. The van der Waals surface area contributed by atoms with Gasteiger partial charge in [0, 0.05) is 36.1 Å². The molecule has 2 saturated heterocycles. The third kappa shape index (κ3) is 3.62. The van der Waals surface area contributed by atoms with Crippen LogP contribution in [0.4, 0.5) is 13.2 Å². The number of amides is 1. The number of fused-ring (bicyclic) bond motifs is 1. The molecule has 1 amide bonds. The fraction of sp³-hybridized carbons (Fsp3) is 0.500. The van der Waals surface area contributed by atoms with Crippen molar-refractivity contribution in [1.29, 1.82) is 0 Å². The number of nitrogens with zero attached hydrogens (tertiary/aromatic N) is 1. The van der Waals surface area contributed by atoms with Gasteiger partial charge in [-0.2, -0.15) is 13.2 Å². The third-order valence-corrected chi connectivity index (χ3v) is 5.49. The van der Waals surface area contributed by atoms with E-state index in [-0.39, 0.29) is 53.7 Å². The summed E-state index contributed by atoms with van der Waals surface area (Å²) < 4.78 is 42.4. The molecule has 0 bridgehead atoms. The van der Waals surface area contributed by atoms with Crippen molar-refractivity contribution in [2.24, 2.45) is 11.3 Å². The SMILES string of the molecule is O=C(c1ccc(SC(F)(F)F)cc1)N1C[C@H]2COCC[C@@]2(C(=O)O)C1. The zero-order valence-corrected chi connectivity index (χ0v) is 13.9. The van der Waals surface area contributed by atoms with Gasteiger partial charge in [-0.25, -0.2) is 0 Å². The molecule has 25 heavy (non-hydrogen) atoms. The fourth-order valence-electron chi connectivity index (χ4n) is 3.44. The normalized spacial score (nSPS) is 26.4. The zero-order chi connectivity index (χ0) is 18.2. The van der Waals surface area contributed by atoms with Gasteiger partial charge in [-0.15, -0.1) is 0 Å². The summed E-state index contributed by atoms with van der Waals surface area (Å²) in [4.78, 5) is 25.8. The van der Waals surface area contributed by atoms with Crippen LogP contribution in [0.15, 0.2) is 29.2 Å². The highest BCUT2D eigenvalue weighted by Gasteiger charge is 2.54. The highest BCUT2D eigenvalue weighted by molar-refractivity contribution is 8.00. The molecule has 9 heteroatoms. The van der Waals surface area contributed by atoms with Gasteiger partial charge in [-0.1, -0.05) is 0 Å². The number of ether oxygens (including phenoxy) is 1. The topological polar surface area (TPSA) is 66.8 Å². The fourth-order valence-corrected chi connectivity index (χ4v) is 3.98. The van der Waals surface area contributed by atoms with E-state index in [9.17, 15) is 27.9 Å². The van der Waals surface area contributed by atoms with E-state index in [0.29, 0.717) is 13.0 Å². The van der Waals surface area contributed by atoms with Crippen molar-refractivity contribution >= 4 is 23.6 Å². The second-order valence-corrected chi connectivity index (χ2v) is 7.38. The molecule has 0 radical (unpaired) electrons. The summed E-state index contributed by atoms with van der Waals surface area (Å²) in [6.45, 7) is 0.990. The summed E-state index contributed by atoms with van der Waals surface area (Å²) in [5.74, 6) is -1.59. The lowest BCUT2D eigenvalue weighted by Crippen LogP contribution is -2.45. The van der Waals surface area contributed by atoms with Crippen LogP contribution in [0.25, 0.3) is 0 Å². The second-order valence-electron chi connectivity index (χ2n) is 6.24. The first-order valence-electron chi connectivity index (χ1n) is 7.67. The Hall–Kier alpha value is -1.74. The molecule has 3 rings (SSSR count). The molecule has 2 aliphatic rings. The summed E-state index contributed by atoms with van der Waals surface area (Å²) >= 11 is -0.246. The highest BCUT2D eigenvalue weighted by atomic mass is 32.2. The van der Waals surface area contributed by atoms with E-state index in [0.717, 1.165) is 0 Å². The first kappa shape index (κ1) is 18.1. The molecule has 2 aliphatic heterocycles. The van der Waals surface area contributed by atoms with Crippen LogP contribution in [0.1, 0.15) is 16.8 Å². The Morgan fingerprint density at radius 3 is 2.52 bits per heavy atom. The van der Waals surface area contributed by atoms with Gasteiger partial charge in [-0.05, 0) is 42.4 Å². The van der Waals surface area contributed by atoms with Crippen molar-refractivity contribution in [3.8, 4) is 0 Å². The molecule has 0 saturated carbocycles. The van der Waals surface area contributed by atoms with Crippen LogP contribution in [0.3, 0.4) is 0 Å². The number of hydrogen-bond donors (Lipinski definition) is 1. The predicted molar refractivity (Wildman–Crippen MR) is 83.3 cm³/mol. The zero-order valence-electron chi connectivity index (χ0n) is 13.1. The van der Waals surface area contributed by atoms with Gasteiger partial charge in [-0.3, -0.25) is 9.59 Å². The average molecular weight is 375 g/mol. The van der Waals surface area contributed by atoms with E-state index in [1.54, 1.807) is 0 Å². The van der Waals surface area contributed by atoms with Crippen molar-refractivity contribution in [3.63, 3.8) is 0 Å². The lowest BCUT2D eigenvalue weighted by molar-refractivity contribution is -0.157. The van der Waals surface area contributed by atoms with Gasteiger partial charge in [0.15, 0.2) is 0 Å². The van der Waals surface area contributed by atoms with Crippen LogP contribution < -0.4 is 0 Å². The van der Waals surface area contributed by atoms with Gasteiger partial charge in [0.05, 0.1) is 12.0 Å². The summed E-state index contributed by atoms with van der Waals surface area (Å²) in [5, 5.41) is 9.61. The van der Waals surface area contributed by atoms with Crippen molar-refractivity contribution in [2.75, 3.05) is 26.3 Å². The number of carbonyl (C=O) groups excluding carboxylic acids is 1. The monoisotopic (exact) mass is 375 g/mol. The maximum absolute atomic E-state index is 12.6. The maximum atomic E-state index is 12.6. The van der Waals surface area contributed by atoms with Gasteiger partial charge in [0.2, 0.25) is 0 Å². The minimum atomic E-state index is -4.38. The number of rotatable bonds is 3. The molecule has 2 atom stereocenters. The number of likely N-dealkylation sites (tertiary alicyclic amines) is 1. The molecule has 1 N–H and O–H groups in total. The number of carboxylic acids is 1. The van der Waals surface area contributed by atoms with Crippen molar-refractivity contribution in [3.05, 3.63) is 29.8 Å². The number of carbonyl (C=O) groups is 2. The van der Waals surface area contributed by atoms with E-state index in [4.69, 9.17) is 4.74 Å². The highest BCUT2D eigenvalue weighted by Crippen LogP contribution is 2.43. The molecule has 0 aliphatic carbocycles. The van der Waals surface area contributed by atoms with E-state index in [1.807, 2.05) is 0 Å². The minimum absolute atomic E-state index is 0.00505. The van der Waals surface area contributed by atoms with Crippen molar-refractivity contribution < 1.29 is 32.6 Å². The summed E-state index contributed by atoms with van der Waals surface area (Å²) in [5.41, 5.74) is -5.14. The standard InChI is InChI=1S/C16H16F3NO4S/c17-16(18,19)25-12-3-1-10(2-4-12)13(21)20-7-11-8-24-6-5-15(11,9-20)14(22)23/h1-4,11H,5-9H2,(H,22,23)/t11-,15+/m0/s1. The van der Waals surface area contributed by atoms with Crippen LogP contribution in [-0.2, 0) is 9.53 Å². The van der Waals surface area contributed by atoms with Crippen LogP contribution in [0.5, 0.6) is 0 Å². The molecule has 0 unspecified atom stereocenters. The lowest BCUT2D eigenvalue weighted by atomic mass is 9.74. The number of hydrogen-bond acceptors (Lipinski definition) is 4. The van der Waals surface area contributed by atoms with Crippen LogP contribution >= 0.6 is 11.8 Å². The first-order valence-corrected chi connectivity index (χ1v) is 8.49. The molecule has 5 nitrogen and oxygen atoms in total. The molecular formula is C16H16F3NO4S. The number of alkyl halides is 3. The molecule has 2 heterocycles. The second kappa shape index (κ2) is 6.53. The Morgan fingerprint density at radius 1 is 1.28 bits per heavy atom. The van der Waals surface area contributed by atoms with Crippen LogP contribution in [0.2, 0.25) is 0 Å². The average Bonchev–Trinajstić information content (AvgIpc) is 2.94. The number of thioether (sulfide) groups is 1. The molecule has 2 fully saturated rings. The van der Waals surface area contributed by atoms with E-state index >= 15 is 0 Å². The van der Waals surface area contributed by atoms with Gasteiger partial charge >= 0.3 is 11.5 Å². The number of halogens is 3.